The highest BCUT2D eigenvalue weighted by atomic mass is 35.5. The third kappa shape index (κ3) is 4.49. The summed E-state index contributed by atoms with van der Waals surface area (Å²) in [6, 6.07) is 23.8. The van der Waals surface area contributed by atoms with Crippen LogP contribution in [0.15, 0.2) is 85.1 Å². The summed E-state index contributed by atoms with van der Waals surface area (Å²) >= 11 is 6.05. The van der Waals surface area contributed by atoms with Crippen LogP contribution in [0.1, 0.15) is 26.3 Å². The van der Waals surface area contributed by atoms with Gasteiger partial charge in [0.2, 0.25) is 0 Å². The smallest absolute Gasteiger partial charge is 0.267 e. The van der Waals surface area contributed by atoms with E-state index in [0.29, 0.717) is 16.3 Å². The quantitative estimate of drug-likeness (QED) is 0.465. The Morgan fingerprint density at radius 2 is 1.42 bits per heavy atom. The summed E-state index contributed by atoms with van der Waals surface area (Å²) in [7, 11) is 0. The van der Waals surface area contributed by atoms with Crippen molar-refractivity contribution in [3.8, 4) is 16.9 Å². The largest absolute Gasteiger partial charge is 0.273 e. The molecule has 0 spiro atoms. The summed E-state index contributed by atoms with van der Waals surface area (Å²) in [6.07, 6.45) is 1.64. The SMILES string of the molecule is Cc1ccc(-n2cc(C(=O)NNC(=O)c3ccccc3Cl)c(-c3ccccc3)n2)cc1. The minimum absolute atomic E-state index is 0.267. The fourth-order valence-electron chi connectivity index (χ4n) is 3.07. The molecule has 0 fully saturated rings. The molecule has 3 aromatic carbocycles. The van der Waals surface area contributed by atoms with E-state index in [1.807, 2.05) is 61.5 Å². The van der Waals surface area contributed by atoms with Gasteiger partial charge in [-0.05, 0) is 31.2 Å². The van der Waals surface area contributed by atoms with Crippen LogP contribution in [0.5, 0.6) is 0 Å². The van der Waals surface area contributed by atoms with Gasteiger partial charge in [0, 0.05) is 11.8 Å². The second-order valence-electron chi connectivity index (χ2n) is 6.93. The molecule has 4 rings (SSSR count). The van der Waals surface area contributed by atoms with E-state index < -0.39 is 11.8 Å². The molecule has 4 aromatic rings. The maximum atomic E-state index is 12.9. The van der Waals surface area contributed by atoms with Crippen LogP contribution in [0.3, 0.4) is 0 Å². The summed E-state index contributed by atoms with van der Waals surface area (Å²) in [5, 5.41) is 4.92. The Balaban J connectivity index is 1.63. The molecule has 0 atom stereocenters. The number of halogens is 1. The molecule has 0 bridgehead atoms. The van der Waals surface area contributed by atoms with Gasteiger partial charge in [0.25, 0.3) is 11.8 Å². The van der Waals surface area contributed by atoms with E-state index in [1.165, 1.54) is 0 Å². The number of hydrogen-bond donors (Lipinski definition) is 2. The monoisotopic (exact) mass is 430 g/mol. The standard InChI is InChI=1S/C24H19ClN4O2/c1-16-11-13-18(14-12-16)29-15-20(22(28-29)17-7-3-2-4-8-17)24(31)27-26-23(30)19-9-5-6-10-21(19)25/h2-15H,1H3,(H,26,30)(H,27,31). The summed E-state index contributed by atoms with van der Waals surface area (Å²) in [6.45, 7) is 2.00. The third-order valence-corrected chi connectivity index (χ3v) is 5.04. The van der Waals surface area contributed by atoms with Gasteiger partial charge in [-0.3, -0.25) is 20.4 Å². The Bertz CT molecular complexity index is 1230. The van der Waals surface area contributed by atoms with Gasteiger partial charge in [-0.15, -0.1) is 0 Å². The predicted molar refractivity (Wildman–Crippen MR) is 120 cm³/mol. The highest BCUT2D eigenvalue weighted by molar-refractivity contribution is 6.33. The van der Waals surface area contributed by atoms with Crippen molar-refractivity contribution in [1.82, 2.24) is 20.6 Å². The highest BCUT2D eigenvalue weighted by Gasteiger charge is 2.19. The maximum Gasteiger partial charge on any atom is 0.273 e. The average Bonchev–Trinajstić information content (AvgIpc) is 3.24. The molecule has 0 saturated carbocycles. The van der Waals surface area contributed by atoms with Gasteiger partial charge in [-0.1, -0.05) is 71.8 Å². The minimum atomic E-state index is -0.508. The molecule has 154 valence electrons. The van der Waals surface area contributed by atoms with Crippen LogP contribution in [0.25, 0.3) is 16.9 Å². The van der Waals surface area contributed by atoms with Crippen LogP contribution in [0, 0.1) is 6.92 Å². The van der Waals surface area contributed by atoms with Gasteiger partial charge in [0.05, 0.1) is 21.8 Å². The number of hydrazine groups is 1. The highest BCUT2D eigenvalue weighted by Crippen LogP contribution is 2.24. The van der Waals surface area contributed by atoms with Crippen LogP contribution in [0.4, 0.5) is 0 Å². The molecule has 0 unspecified atom stereocenters. The van der Waals surface area contributed by atoms with E-state index in [1.54, 1.807) is 35.1 Å². The number of rotatable bonds is 4. The summed E-state index contributed by atoms with van der Waals surface area (Å²) < 4.78 is 1.65. The number of hydrogen-bond acceptors (Lipinski definition) is 3. The average molecular weight is 431 g/mol. The van der Waals surface area contributed by atoms with Crippen molar-refractivity contribution in [3.05, 3.63) is 107 Å². The van der Waals surface area contributed by atoms with Gasteiger partial charge in [-0.25, -0.2) is 4.68 Å². The fraction of sp³-hybridized carbons (Fsp3) is 0.0417. The number of benzene rings is 3. The lowest BCUT2D eigenvalue weighted by Gasteiger charge is -2.08. The molecular weight excluding hydrogens is 412 g/mol. The summed E-state index contributed by atoms with van der Waals surface area (Å²) in [4.78, 5) is 25.3. The van der Waals surface area contributed by atoms with Crippen LogP contribution >= 0.6 is 11.6 Å². The lowest BCUT2D eigenvalue weighted by atomic mass is 10.1. The Morgan fingerprint density at radius 3 is 2.10 bits per heavy atom. The minimum Gasteiger partial charge on any atom is -0.267 e. The molecule has 2 N–H and O–H groups in total. The molecule has 0 aliphatic carbocycles. The molecule has 2 amide bonds. The molecule has 1 aromatic heterocycles. The van der Waals surface area contributed by atoms with E-state index >= 15 is 0 Å². The number of nitrogens with one attached hydrogen (secondary N) is 2. The molecular formula is C24H19ClN4O2. The first kappa shape index (κ1) is 20.4. The molecule has 7 heteroatoms. The Kier molecular flexibility index (Phi) is 5.82. The molecule has 6 nitrogen and oxygen atoms in total. The molecule has 0 radical (unpaired) electrons. The van der Waals surface area contributed by atoms with Crippen molar-refractivity contribution in [1.29, 1.82) is 0 Å². The van der Waals surface area contributed by atoms with Crippen LogP contribution < -0.4 is 10.9 Å². The van der Waals surface area contributed by atoms with Crippen molar-refractivity contribution in [3.63, 3.8) is 0 Å². The molecule has 0 aliphatic heterocycles. The van der Waals surface area contributed by atoms with E-state index in [2.05, 4.69) is 16.0 Å². The maximum absolute atomic E-state index is 12.9. The Hall–Kier alpha value is -3.90. The van der Waals surface area contributed by atoms with Crippen LogP contribution in [0.2, 0.25) is 5.02 Å². The number of carbonyl (C=O) groups excluding carboxylic acids is 2. The van der Waals surface area contributed by atoms with Gasteiger partial charge in [0.15, 0.2) is 0 Å². The molecule has 1 heterocycles. The number of amides is 2. The van der Waals surface area contributed by atoms with Crippen molar-refractivity contribution in [2.24, 2.45) is 0 Å². The van der Waals surface area contributed by atoms with Crippen molar-refractivity contribution in [2.75, 3.05) is 0 Å². The third-order valence-electron chi connectivity index (χ3n) is 4.71. The van der Waals surface area contributed by atoms with Gasteiger partial charge >= 0.3 is 0 Å². The second-order valence-corrected chi connectivity index (χ2v) is 7.33. The van der Waals surface area contributed by atoms with Crippen molar-refractivity contribution >= 4 is 23.4 Å². The van der Waals surface area contributed by atoms with Crippen molar-refractivity contribution in [2.45, 2.75) is 6.92 Å². The van der Waals surface area contributed by atoms with E-state index in [4.69, 9.17) is 11.6 Å². The normalized spacial score (nSPS) is 10.5. The number of aryl methyl sites for hydroxylation is 1. The first-order valence-corrected chi connectivity index (χ1v) is 9.98. The lowest BCUT2D eigenvalue weighted by molar-refractivity contribution is 0.0847. The Morgan fingerprint density at radius 1 is 0.806 bits per heavy atom. The molecule has 0 aliphatic rings. The van der Waals surface area contributed by atoms with E-state index in [9.17, 15) is 9.59 Å². The van der Waals surface area contributed by atoms with Gasteiger partial charge < -0.3 is 0 Å². The number of nitrogens with zero attached hydrogens (tertiary/aromatic N) is 2. The van der Waals surface area contributed by atoms with Crippen LogP contribution in [-0.4, -0.2) is 21.6 Å². The number of aromatic nitrogens is 2. The topological polar surface area (TPSA) is 76.0 Å². The summed E-state index contributed by atoms with van der Waals surface area (Å²) in [5.41, 5.74) is 8.70. The number of carbonyl (C=O) groups is 2. The zero-order valence-electron chi connectivity index (χ0n) is 16.7. The Labute approximate surface area is 184 Å². The fourth-order valence-corrected chi connectivity index (χ4v) is 3.29. The van der Waals surface area contributed by atoms with E-state index in [0.717, 1.165) is 16.8 Å². The second kappa shape index (κ2) is 8.85. The first-order chi connectivity index (χ1) is 15.0. The zero-order valence-corrected chi connectivity index (χ0v) is 17.4. The predicted octanol–water partition coefficient (Wildman–Crippen LogP) is 4.58. The zero-order chi connectivity index (χ0) is 21.8. The van der Waals surface area contributed by atoms with Crippen molar-refractivity contribution < 1.29 is 9.59 Å². The molecule has 31 heavy (non-hydrogen) atoms. The van der Waals surface area contributed by atoms with Crippen LogP contribution in [-0.2, 0) is 0 Å². The first-order valence-electron chi connectivity index (χ1n) is 9.60. The van der Waals surface area contributed by atoms with Gasteiger partial charge in [-0.2, -0.15) is 5.10 Å². The summed E-state index contributed by atoms with van der Waals surface area (Å²) in [5.74, 6) is -0.997. The van der Waals surface area contributed by atoms with E-state index in [-0.39, 0.29) is 5.56 Å². The van der Waals surface area contributed by atoms with Gasteiger partial charge in [0.1, 0.15) is 5.69 Å². The molecule has 0 saturated heterocycles. The lowest BCUT2D eigenvalue weighted by Crippen LogP contribution is -2.41.